The quantitative estimate of drug-likeness (QED) is 0.441. The van der Waals surface area contributed by atoms with Crippen LogP contribution < -0.4 is 15.4 Å². The van der Waals surface area contributed by atoms with E-state index in [9.17, 15) is 8.42 Å². The van der Waals surface area contributed by atoms with Gasteiger partial charge in [-0.25, -0.2) is 18.1 Å². The minimum Gasteiger partial charge on any atom is -0.497 e. The molecule has 0 saturated carbocycles. The molecule has 4 aromatic rings. The first-order valence-corrected chi connectivity index (χ1v) is 13.5. The van der Waals surface area contributed by atoms with Crippen molar-refractivity contribution in [1.82, 2.24) is 14.8 Å². The van der Waals surface area contributed by atoms with Gasteiger partial charge < -0.3 is 15.4 Å². The third kappa shape index (κ3) is 4.74. The third-order valence-electron chi connectivity index (χ3n) is 6.50. The second-order valence-electron chi connectivity index (χ2n) is 8.94. The summed E-state index contributed by atoms with van der Waals surface area (Å²) in [5.41, 5.74) is 11.0. The van der Waals surface area contributed by atoms with Crippen molar-refractivity contribution in [1.29, 1.82) is 0 Å². The zero-order valence-electron chi connectivity index (χ0n) is 19.9. The molecule has 1 unspecified atom stereocenters. The molecule has 35 heavy (non-hydrogen) atoms. The van der Waals surface area contributed by atoms with Crippen LogP contribution >= 0.6 is 0 Å². The van der Waals surface area contributed by atoms with Crippen LogP contribution in [0.3, 0.4) is 0 Å². The first-order valence-electron chi connectivity index (χ1n) is 11.6. The largest absolute Gasteiger partial charge is 0.497 e. The normalized spacial score (nSPS) is 16.4. The minimum absolute atomic E-state index is 0.0420. The molecular formula is C26H29N5O3S. The van der Waals surface area contributed by atoms with Crippen LogP contribution in [0.4, 0.5) is 5.82 Å². The Balaban J connectivity index is 1.62. The molecule has 1 saturated heterocycles. The summed E-state index contributed by atoms with van der Waals surface area (Å²) in [6, 6.07) is 18.0. The van der Waals surface area contributed by atoms with E-state index in [4.69, 9.17) is 20.6 Å². The Morgan fingerprint density at radius 3 is 2.34 bits per heavy atom. The van der Waals surface area contributed by atoms with E-state index < -0.39 is 9.84 Å². The first-order chi connectivity index (χ1) is 16.8. The Labute approximate surface area is 205 Å². The first kappa shape index (κ1) is 23.3. The average molecular weight is 492 g/mol. The van der Waals surface area contributed by atoms with Crippen LogP contribution in [0, 0.1) is 0 Å². The molecule has 0 spiro atoms. The fourth-order valence-corrected chi connectivity index (χ4v) is 5.65. The van der Waals surface area contributed by atoms with E-state index in [2.05, 4.69) is 17.0 Å². The maximum Gasteiger partial charge on any atom is 0.160 e. The van der Waals surface area contributed by atoms with E-state index in [-0.39, 0.29) is 17.5 Å². The van der Waals surface area contributed by atoms with E-state index in [1.54, 1.807) is 13.3 Å². The molecule has 8 nitrogen and oxygen atoms in total. The Morgan fingerprint density at radius 2 is 1.71 bits per heavy atom. The van der Waals surface area contributed by atoms with Crippen molar-refractivity contribution < 1.29 is 13.2 Å². The van der Waals surface area contributed by atoms with Gasteiger partial charge in [0.15, 0.2) is 21.3 Å². The van der Waals surface area contributed by atoms with Gasteiger partial charge in [0.1, 0.15) is 5.75 Å². The second kappa shape index (κ2) is 9.31. The molecule has 0 aliphatic carbocycles. The highest BCUT2D eigenvalue weighted by molar-refractivity contribution is 7.91. The molecule has 0 amide bonds. The highest BCUT2D eigenvalue weighted by atomic mass is 32.2. The maximum atomic E-state index is 12.1. The predicted octanol–water partition coefficient (Wildman–Crippen LogP) is 3.41. The highest BCUT2D eigenvalue weighted by Crippen LogP contribution is 2.36. The lowest BCUT2D eigenvalue weighted by molar-refractivity contribution is 0.414. The van der Waals surface area contributed by atoms with Crippen molar-refractivity contribution >= 4 is 26.7 Å². The summed E-state index contributed by atoms with van der Waals surface area (Å²) in [7, 11) is -1.37. The van der Waals surface area contributed by atoms with Crippen LogP contribution in [-0.2, 0) is 16.4 Å². The summed E-state index contributed by atoms with van der Waals surface area (Å²) < 4.78 is 31.3. The Kier molecular flexibility index (Phi) is 6.21. The van der Waals surface area contributed by atoms with Crippen LogP contribution in [0.5, 0.6) is 5.75 Å². The van der Waals surface area contributed by atoms with E-state index >= 15 is 0 Å². The van der Waals surface area contributed by atoms with Crippen molar-refractivity contribution in [3.05, 3.63) is 71.9 Å². The molecule has 9 heteroatoms. The molecule has 2 aromatic carbocycles. The number of benzene rings is 2. The lowest BCUT2D eigenvalue weighted by Gasteiger charge is -2.27. The van der Waals surface area contributed by atoms with Gasteiger partial charge in [-0.3, -0.25) is 0 Å². The Hall–Kier alpha value is -3.43. The van der Waals surface area contributed by atoms with Gasteiger partial charge in [0.25, 0.3) is 0 Å². The number of pyridine rings is 1. The van der Waals surface area contributed by atoms with Crippen LogP contribution in [0.1, 0.15) is 24.1 Å². The number of hydrogen-bond acceptors (Lipinski definition) is 7. The molecule has 1 fully saturated rings. The molecule has 2 N–H and O–H groups in total. The molecule has 0 radical (unpaired) electrons. The van der Waals surface area contributed by atoms with Crippen molar-refractivity contribution in [2.45, 2.75) is 19.5 Å². The number of ether oxygens (including phenoxy) is 1. The summed E-state index contributed by atoms with van der Waals surface area (Å²) in [4.78, 5) is 6.76. The fraction of sp³-hybridized carbons (Fsp3) is 0.308. The van der Waals surface area contributed by atoms with Gasteiger partial charge in [-0.05, 0) is 47.4 Å². The second-order valence-corrected chi connectivity index (χ2v) is 11.2. The molecule has 182 valence electrons. The number of aromatic nitrogens is 3. The van der Waals surface area contributed by atoms with E-state index in [1.165, 1.54) is 0 Å². The molecule has 3 heterocycles. The summed E-state index contributed by atoms with van der Waals surface area (Å²) in [5, 5.41) is 5.89. The SMILES string of the molecule is COc1ccc(Cn2nc(N3CCS(=O)(=O)CC3)c3c(-c4ccc(C(C)N)cc4)ccnc32)cc1. The van der Waals surface area contributed by atoms with Crippen LogP contribution in [0.15, 0.2) is 60.8 Å². The van der Waals surface area contributed by atoms with Crippen molar-refractivity contribution in [3.8, 4) is 16.9 Å². The smallest absolute Gasteiger partial charge is 0.160 e. The minimum atomic E-state index is -3.02. The van der Waals surface area contributed by atoms with Gasteiger partial charge >= 0.3 is 0 Å². The predicted molar refractivity (Wildman–Crippen MR) is 139 cm³/mol. The van der Waals surface area contributed by atoms with Gasteiger partial charge in [-0.1, -0.05) is 36.4 Å². The van der Waals surface area contributed by atoms with Crippen LogP contribution in [-0.4, -0.2) is 54.9 Å². The number of rotatable bonds is 6. The van der Waals surface area contributed by atoms with Crippen molar-refractivity contribution in [3.63, 3.8) is 0 Å². The lowest BCUT2D eigenvalue weighted by atomic mass is 10.00. The number of fused-ring (bicyclic) bond motifs is 1. The van der Waals surface area contributed by atoms with E-state index in [0.29, 0.717) is 19.6 Å². The summed E-state index contributed by atoms with van der Waals surface area (Å²) in [6.45, 7) is 3.32. The third-order valence-corrected chi connectivity index (χ3v) is 8.11. The Morgan fingerprint density at radius 1 is 1.03 bits per heavy atom. The molecule has 5 rings (SSSR count). The zero-order valence-corrected chi connectivity index (χ0v) is 20.7. The van der Waals surface area contributed by atoms with Gasteiger partial charge in [0.05, 0.1) is 30.5 Å². The number of nitrogens with zero attached hydrogens (tertiary/aromatic N) is 4. The standard InChI is InChI=1S/C26H29N5O3S/c1-18(27)20-5-7-21(8-6-20)23-11-12-28-25-24(23)26(30-13-15-35(32,33)16-14-30)29-31(25)17-19-3-9-22(34-2)10-4-19/h3-12,18H,13-17,27H2,1-2H3. The van der Waals surface area contributed by atoms with Gasteiger partial charge in [0, 0.05) is 25.3 Å². The van der Waals surface area contributed by atoms with Crippen molar-refractivity contribution in [2.24, 2.45) is 5.73 Å². The zero-order chi connectivity index (χ0) is 24.6. The summed E-state index contributed by atoms with van der Waals surface area (Å²) >= 11 is 0. The van der Waals surface area contributed by atoms with Gasteiger partial charge in [-0.2, -0.15) is 5.10 Å². The van der Waals surface area contributed by atoms with Crippen LogP contribution in [0.25, 0.3) is 22.2 Å². The Bertz CT molecular complexity index is 1430. The van der Waals surface area contributed by atoms with Crippen molar-refractivity contribution in [2.75, 3.05) is 36.6 Å². The molecule has 0 bridgehead atoms. The van der Waals surface area contributed by atoms with Gasteiger partial charge in [0.2, 0.25) is 0 Å². The summed E-state index contributed by atoms with van der Waals surface area (Å²) in [5.74, 6) is 1.81. The monoisotopic (exact) mass is 491 g/mol. The molecule has 2 aromatic heterocycles. The number of methoxy groups -OCH3 is 1. The fourth-order valence-electron chi connectivity index (χ4n) is 4.45. The molecular weight excluding hydrogens is 462 g/mol. The molecule has 1 aliphatic rings. The van der Waals surface area contributed by atoms with Gasteiger partial charge in [-0.15, -0.1) is 0 Å². The summed E-state index contributed by atoms with van der Waals surface area (Å²) in [6.07, 6.45) is 1.80. The average Bonchev–Trinajstić information content (AvgIpc) is 3.23. The highest BCUT2D eigenvalue weighted by Gasteiger charge is 2.27. The van der Waals surface area contributed by atoms with E-state index in [1.807, 2.05) is 54.1 Å². The molecule has 1 atom stereocenters. The number of nitrogens with two attached hydrogens (primary N) is 1. The number of anilines is 1. The van der Waals surface area contributed by atoms with Crippen LogP contribution in [0.2, 0.25) is 0 Å². The maximum absolute atomic E-state index is 12.1. The number of hydrogen-bond donors (Lipinski definition) is 1. The topological polar surface area (TPSA) is 103 Å². The van der Waals surface area contributed by atoms with E-state index in [0.717, 1.165) is 44.9 Å². The molecule has 1 aliphatic heterocycles. The lowest BCUT2D eigenvalue weighted by Crippen LogP contribution is -2.40. The number of sulfone groups is 1.